The van der Waals surface area contributed by atoms with Crippen LogP contribution in [0.15, 0.2) is 18.2 Å². The summed E-state index contributed by atoms with van der Waals surface area (Å²) >= 11 is 0. The van der Waals surface area contributed by atoms with Crippen LogP contribution in [-0.2, 0) is 4.79 Å². The quantitative estimate of drug-likeness (QED) is 0.410. The molecule has 1 rings (SSSR count). The molecule has 0 radical (unpaired) electrons. The molecule has 1 aromatic carbocycles. The van der Waals surface area contributed by atoms with Crippen molar-refractivity contribution in [2.45, 2.75) is 18.9 Å². The molecular weight excluding hydrogens is 264 g/mol. The topological polar surface area (TPSA) is 136 Å². The number of carboxylic acid groups (broad SMARTS) is 1. The summed E-state index contributed by atoms with van der Waals surface area (Å²) in [6, 6.07) is 4.26. The van der Waals surface area contributed by atoms with Gasteiger partial charge in [0, 0.05) is 13.0 Å². The summed E-state index contributed by atoms with van der Waals surface area (Å²) < 4.78 is 0. The highest BCUT2D eigenvalue weighted by atomic mass is 16.4. The first-order valence-electron chi connectivity index (χ1n) is 6.18. The van der Waals surface area contributed by atoms with Gasteiger partial charge in [0.25, 0.3) is 0 Å². The number of phenols is 2. The van der Waals surface area contributed by atoms with E-state index in [1.54, 1.807) is 13.1 Å². The molecule has 0 aliphatic heterocycles. The second-order valence-electron chi connectivity index (χ2n) is 4.11. The summed E-state index contributed by atoms with van der Waals surface area (Å²) in [7, 11) is 1.73. The van der Waals surface area contributed by atoms with Gasteiger partial charge in [0.2, 0.25) is 0 Å². The van der Waals surface area contributed by atoms with Gasteiger partial charge >= 0.3 is 5.97 Å². The number of nitrogens with two attached hydrogens (primary N) is 1. The molecule has 0 bridgehead atoms. The first kappa shape index (κ1) is 18.2. The molecular formula is C13H22N2O5. The zero-order valence-corrected chi connectivity index (χ0v) is 11.4. The third-order valence-electron chi connectivity index (χ3n) is 2.38. The number of carbonyl (C=O) groups is 1. The number of phenolic OH excluding ortho intramolecular Hbond substituents is 2. The maximum absolute atomic E-state index is 9.70. The Balaban J connectivity index is 0.000000441. The lowest BCUT2D eigenvalue weighted by molar-refractivity contribution is -0.137. The van der Waals surface area contributed by atoms with Crippen LogP contribution in [0.5, 0.6) is 11.5 Å². The number of aliphatic hydroxyl groups is 1. The van der Waals surface area contributed by atoms with Gasteiger partial charge in [-0.2, -0.15) is 0 Å². The summed E-state index contributed by atoms with van der Waals surface area (Å²) in [6.45, 7) is 0.872. The van der Waals surface area contributed by atoms with Crippen molar-refractivity contribution in [3.8, 4) is 11.5 Å². The van der Waals surface area contributed by atoms with E-state index in [1.807, 2.05) is 0 Å². The maximum atomic E-state index is 9.70. The van der Waals surface area contributed by atoms with Crippen molar-refractivity contribution >= 4 is 5.97 Å². The normalized spacial score (nSPS) is 11.3. The van der Waals surface area contributed by atoms with Crippen LogP contribution in [0.4, 0.5) is 0 Å². The predicted molar refractivity (Wildman–Crippen MR) is 74.6 cm³/mol. The lowest BCUT2D eigenvalue weighted by Gasteiger charge is -2.10. The highest BCUT2D eigenvalue weighted by Gasteiger charge is 2.08. The number of aliphatic carboxylic acids is 1. The molecule has 1 atom stereocenters. The lowest BCUT2D eigenvalue weighted by Crippen LogP contribution is -2.16. The van der Waals surface area contributed by atoms with Gasteiger partial charge in [-0.3, -0.25) is 4.79 Å². The average Bonchev–Trinajstić information content (AvgIpc) is 2.40. The third kappa shape index (κ3) is 7.57. The van der Waals surface area contributed by atoms with Gasteiger partial charge in [-0.15, -0.1) is 0 Å². The van der Waals surface area contributed by atoms with E-state index < -0.39 is 12.1 Å². The van der Waals surface area contributed by atoms with Crippen molar-refractivity contribution in [1.82, 2.24) is 5.32 Å². The van der Waals surface area contributed by atoms with Crippen molar-refractivity contribution in [3.63, 3.8) is 0 Å². The number of hydrogen-bond acceptors (Lipinski definition) is 6. The fraction of sp³-hybridized carbons (Fsp3) is 0.462. The standard InChI is InChI=1S/C9H13NO3.C4H9NO2/c1-10-5-9(13)6-2-3-7(11)8(12)4-6;5-3-1-2-4(6)7/h2-4,9-13H,5H2,1H3;1-3,5H2,(H,6,7)/t9-;/m0./s1. The molecule has 0 spiro atoms. The van der Waals surface area contributed by atoms with Crippen LogP contribution in [0.3, 0.4) is 0 Å². The second-order valence-corrected chi connectivity index (χ2v) is 4.11. The van der Waals surface area contributed by atoms with Crippen molar-refractivity contribution in [3.05, 3.63) is 23.8 Å². The van der Waals surface area contributed by atoms with Crippen LogP contribution in [0.1, 0.15) is 24.5 Å². The molecule has 0 aromatic heterocycles. The van der Waals surface area contributed by atoms with Gasteiger partial charge in [0.05, 0.1) is 6.10 Å². The number of nitrogens with one attached hydrogen (secondary N) is 1. The summed E-state index contributed by atoms with van der Waals surface area (Å²) in [4.78, 5) is 9.70. The van der Waals surface area contributed by atoms with Gasteiger partial charge < -0.3 is 31.5 Å². The number of aromatic hydroxyl groups is 2. The number of aliphatic hydroxyl groups excluding tert-OH is 1. The Bertz CT molecular complexity index is 412. The maximum Gasteiger partial charge on any atom is 0.303 e. The van der Waals surface area contributed by atoms with Crippen molar-refractivity contribution in [1.29, 1.82) is 0 Å². The molecule has 7 N–H and O–H groups in total. The minimum atomic E-state index is -0.773. The number of rotatable bonds is 6. The minimum absolute atomic E-state index is 0.180. The van der Waals surface area contributed by atoms with Crippen molar-refractivity contribution in [2.24, 2.45) is 5.73 Å². The van der Waals surface area contributed by atoms with Gasteiger partial charge in [-0.25, -0.2) is 0 Å². The second kappa shape index (κ2) is 10.0. The van der Waals surface area contributed by atoms with Crippen LogP contribution in [0.25, 0.3) is 0 Å². The van der Waals surface area contributed by atoms with Crippen LogP contribution < -0.4 is 11.1 Å². The average molecular weight is 286 g/mol. The Morgan fingerprint density at radius 3 is 2.40 bits per heavy atom. The van der Waals surface area contributed by atoms with Gasteiger partial charge in [-0.1, -0.05) is 6.07 Å². The zero-order valence-electron chi connectivity index (χ0n) is 11.4. The molecule has 7 nitrogen and oxygen atoms in total. The molecule has 0 aliphatic rings. The lowest BCUT2D eigenvalue weighted by atomic mass is 10.1. The Hall–Kier alpha value is -1.83. The fourth-order valence-corrected chi connectivity index (χ4v) is 1.31. The molecule has 0 amide bonds. The van der Waals surface area contributed by atoms with Crippen LogP contribution >= 0.6 is 0 Å². The summed E-state index contributed by atoms with van der Waals surface area (Å²) in [5.41, 5.74) is 5.59. The largest absolute Gasteiger partial charge is 0.504 e. The van der Waals surface area contributed by atoms with E-state index in [2.05, 4.69) is 5.32 Å². The first-order valence-corrected chi connectivity index (χ1v) is 6.18. The predicted octanol–water partition coefficient (Wildman–Crippen LogP) is 0.160. The van der Waals surface area contributed by atoms with Crippen LogP contribution in [-0.4, -0.2) is 46.5 Å². The Kier molecular flexibility index (Phi) is 9.10. The molecule has 0 aliphatic carbocycles. The fourth-order valence-electron chi connectivity index (χ4n) is 1.31. The molecule has 20 heavy (non-hydrogen) atoms. The zero-order chi connectivity index (χ0) is 15.5. The van der Waals surface area contributed by atoms with E-state index in [-0.39, 0.29) is 17.9 Å². The Morgan fingerprint density at radius 2 is 2.00 bits per heavy atom. The smallest absolute Gasteiger partial charge is 0.303 e. The highest BCUT2D eigenvalue weighted by Crippen LogP contribution is 2.27. The molecule has 7 heteroatoms. The van der Waals surface area contributed by atoms with Crippen molar-refractivity contribution in [2.75, 3.05) is 20.1 Å². The Labute approximate surface area is 117 Å². The number of hydrogen-bond donors (Lipinski definition) is 6. The van der Waals surface area contributed by atoms with Crippen LogP contribution in [0, 0.1) is 0 Å². The molecule has 1 aromatic rings. The minimum Gasteiger partial charge on any atom is -0.504 e. The molecule has 0 unspecified atom stereocenters. The SMILES string of the molecule is CNC[C@H](O)c1ccc(O)c(O)c1.NCCCC(=O)O. The third-order valence-corrected chi connectivity index (χ3v) is 2.38. The monoisotopic (exact) mass is 286 g/mol. The molecule has 0 saturated carbocycles. The van der Waals surface area contributed by atoms with E-state index in [1.165, 1.54) is 12.1 Å². The summed E-state index contributed by atoms with van der Waals surface area (Å²) in [5.74, 6) is -1.17. The molecule has 0 heterocycles. The number of benzene rings is 1. The summed E-state index contributed by atoms with van der Waals surface area (Å²) in [6.07, 6.45) is 0.0998. The highest BCUT2D eigenvalue weighted by molar-refractivity contribution is 5.66. The van der Waals surface area contributed by atoms with E-state index in [0.717, 1.165) is 0 Å². The van der Waals surface area contributed by atoms with E-state index in [0.29, 0.717) is 25.1 Å². The van der Waals surface area contributed by atoms with E-state index in [4.69, 9.17) is 21.1 Å². The number of carboxylic acids is 1. The van der Waals surface area contributed by atoms with Gasteiger partial charge in [0.1, 0.15) is 0 Å². The number of likely N-dealkylation sites (N-methyl/N-ethyl adjacent to an activating group) is 1. The van der Waals surface area contributed by atoms with E-state index in [9.17, 15) is 9.90 Å². The van der Waals surface area contributed by atoms with Gasteiger partial charge in [0.15, 0.2) is 11.5 Å². The van der Waals surface area contributed by atoms with Crippen LogP contribution in [0.2, 0.25) is 0 Å². The molecule has 0 fully saturated rings. The van der Waals surface area contributed by atoms with Gasteiger partial charge in [-0.05, 0) is 37.7 Å². The first-order chi connectivity index (χ1) is 9.42. The Morgan fingerprint density at radius 1 is 1.35 bits per heavy atom. The summed E-state index contributed by atoms with van der Waals surface area (Å²) in [5, 5.41) is 38.4. The van der Waals surface area contributed by atoms with E-state index >= 15 is 0 Å². The molecule has 114 valence electrons. The van der Waals surface area contributed by atoms with Crippen molar-refractivity contribution < 1.29 is 25.2 Å². The molecule has 0 saturated heterocycles.